The van der Waals surface area contributed by atoms with E-state index in [0.29, 0.717) is 10.0 Å². The van der Waals surface area contributed by atoms with Gasteiger partial charge in [0.15, 0.2) is 0 Å². The second-order valence-corrected chi connectivity index (χ2v) is 24.3. The summed E-state index contributed by atoms with van der Waals surface area (Å²) in [6, 6.07) is 96.7. The Balaban J connectivity index is 1.07. The molecule has 86 heavy (non-hydrogen) atoms. The average Bonchev–Trinajstić information content (AvgIpc) is 1.53. The van der Waals surface area contributed by atoms with Crippen LogP contribution in [0.1, 0.15) is 51.4 Å². The van der Waals surface area contributed by atoms with E-state index < -0.39 is 10.8 Å². The molecule has 14 aromatic rings. The van der Waals surface area contributed by atoms with Crippen molar-refractivity contribution in [2.24, 2.45) is 0 Å². The zero-order valence-electron chi connectivity index (χ0n) is 46.9. The summed E-state index contributed by atoms with van der Waals surface area (Å²) in [5, 5.41) is 5.62. The molecule has 0 bridgehead atoms. The van der Waals surface area contributed by atoms with Gasteiger partial charge in [0.25, 0.3) is 0 Å². The van der Waals surface area contributed by atoms with Crippen LogP contribution in [-0.2, 0) is 10.8 Å². The molecule has 0 saturated heterocycles. The van der Waals surface area contributed by atoms with Crippen molar-refractivity contribution in [2.45, 2.75) is 17.8 Å². The van der Waals surface area contributed by atoms with E-state index in [9.17, 15) is 0 Å². The Bertz CT molecular complexity index is 5050. The zero-order valence-corrected chi connectivity index (χ0v) is 49.2. The SMILES string of the molecule is C=C/C=C1\C(=C/C)C(c2ccccc2)(c2ccccc2)c2cccc(-c3sc(-c4cccc5c4-c4ccccc4C5(c4ccccc4)c4ccccc4)c4nc5c6cc(-c7ccc(Cl)cc7)ccc6c6ccc(-c7ccc(Cl)cc7)cc6c5nc34)c21. The first-order chi connectivity index (χ1) is 42.4. The highest BCUT2D eigenvalue weighted by molar-refractivity contribution is 7.21. The second kappa shape index (κ2) is 20.5. The smallest absolute Gasteiger partial charge is 0.109 e. The number of benzene rings is 12. The van der Waals surface area contributed by atoms with Crippen molar-refractivity contribution in [3.05, 3.63) is 352 Å². The van der Waals surface area contributed by atoms with Crippen molar-refractivity contribution in [1.82, 2.24) is 9.97 Å². The van der Waals surface area contributed by atoms with Gasteiger partial charge in [0.2, 0.25) is 0 Å². The highest BCUT2D eigenvalue weighted by Gasteiger charge is 2.50. The van der Waals surface area contributed by atoms with Crippen LogP contribution in [0.5, 0.6) is 0 Å². The van der Waals surface area contributed by atoms with Crippen LogP contribution < -0.4 is 0 Å². The van der Waals surface area contributed by atoms with Crippen molar-refractivity contribution < 1.29 is 0 Å². The first-order valence-corrected chi connectivity index (χ1v) is 30.7. The largest absolute Gasteiger partial charge is 0.242 e. The molecule has 16 rings (SSSR count). The summed E-state index contributed by atoms with van der Waals surface area (Å²) in [6.45, 7) is 6.56. The molecular weight excluding hydrogens is 1100 g/mol. The highest BCUT2D eigenvalue weighted by atomic mass is 35.5. The fourth-order valence-corrected chi connectivity index (χ4v) is 16.1. The van der Waals surface area contributed by atoms with E-state index in [4.69, 9.17) is 33.2 Å². The van der Waals surface area contributed by atoms with E-state index in [0.717, 1.165) is 97.9 Å². The summed E-state index contributed by atoms with van der Waals surface area (Å²) >= 11 is 14.8. The molecule has 2 aromatic heterocycles. The maximum absolute atomic E-state index is 6.52. The minimum absolute atomic E-state index is 0.612. The lowest BCUT2D eigenvalue weighted by atomic mass is 9.67. The van der Waals surface area contributed by atoms with E-state index in [1.165, 1.54) is 55.6 Å². The zero-order chi connectivity index (χ0) is 57.7. The van der Waals surface area contributed by atoms with Crippen molar-refractivity contribution in [3.8, 4) is 54.3 Å². The molecule has 2 heterocycles. The monoisotopic (exact) mass is 1150 g/mol. The molecule has 2 nitrogen and oxygen atoms in total. The molecule has 2 aliphatic rings. The molecule has 2 aliphatic carbocycles. The van der Waals surface area contributed by atoms with E-state index in [2.05, 4.69) is 268 Å². The number of nitrogens with zero attached hydrogens (tertiary/aromatic N) is 2. The third-order valence-corrected chi connectivity index (χ3v) is 19.9. The number of rotatable bonds is 9. The number of hydrogen-bond donors (Lipinski definition) is 0. The van der Waals surface area contributed by atoms with Crippen LogP contribution in [0.2, 0.25) is 10.0 Å². The van der Waals surface area contributed by atoms with E-state index >= 15 is 0 Å². The molecule has 0 radical (unpaired) electrons. The Morgan fingerprint density at radius 3 is 1.23 bits per heavy atom. The van der Waals surface area contributed by atoms with E-state index in [1.54, 1.807) is 11.3 Å². The van der Waals surface area contributed by atoms with E-state index in [1.807, 2.05) is 30.3 Å². The van der Waals surface area contributed by atoms with Gasteiger partial charge in [-0.15, -0.1) is 11.3 Å². The minimum atomic E-state index is -0.650. The maximum atomic E-state index is 6.52. The van der Waals surface area contributed by atoms with Crippen molar-refractivity contribution >= 4 is 83.7 Å². The molecule has 0 spiro atoms. The number of fused-ring (bicyclic) bond motifs is 11. The van der Waals surface area contributed by atoms with Gasteiger partial charge in [-0.1, -0.05) is 279 Å². The van der Waals surface area contributed by atoms with Crippen molar-refractivity contribution in [3.63, 3.8) is 0 Å². The van der Waals surface area contributed by atoms with Crippen LogP contribution in [-0.4, -0.2) is 9.97 Å². The van der Waals surface area contributed by atoms with Gasteiger partial charge >= 0.3 is 0 Å². The minimum Gasteiger partial charge on any atom is -0.242 e. The van der Waals surface area contributed by atoms with Crippen molar-refractivity contribution in [2.75, 3.05) is 0 Å². The first kappa shape index (κ1) is 51.9. The van der Waals surface area contributed by atoms with Gasteiger partial charge in [-0.3, -0.25) is 0 Å². The number of thiophene rings is 1. The van der Waals surface area contributed by atoms with Crippen LogP contribution in [0.15, 0.2) is 297 Å². The molecular formula is C81H52Cl2N2S. The lowest BCUT2D eigenvalue weighted by Crippen LogP contribution is -2.28. The summed E-state index contributed by atoms with van der Waals surface area (Å²) in [5.74, 6) is 0. The van der Waals surface area contributed by atoms with Crippen LogP contribution >= 0.6 is 34.5 Å². The predicted molar refractivity (Wildman–Crippen MR) is 364 cm³/mol. The number of hydrogen-bond acceptors (Lipinski definition) is 3. The average molecular weight is 1160 g/mol. The highest BCUT2D eigenvalue weighted by Crippen LogP contribution is 2.63. The van der Waals surface area contributed by atoms with Crippen LogP contribution in [0.4, 0.5) is 0 Å². The molecule has 0 fully saturated rings. The molecule has 0 atom stereocenters. The van der Waals surface area contributed by atoms with Gasteiger partial charge in [-0.25, -0.2) is 9.97 Å². The fraction of sp³-hybridized carbons (Fsp3) is 0.0370. The third-order valence-electron chi connectivity index (χ3n) is 18.1. The van der Waals surface area contributed by atoms with Gasteiger partial charge in [-0.05, 0) is 143 Å². The summed E-state index contributed by atoms with van der Waals surface area (Å²) in [5.41, 5.74) is 22.9. The molecule has 0 aliphatic heterocycles. The molecule has 406 valence electrons. The van der Waals surface area contributed by atoms with Gasteiger partial charge < -0.3 is 0 Å². The number of allylic oxidation sites excluding steroid dienone is 5. The number of halogens is 2. The lowest BCUT2D eigenvalue weighted by Gasteiger charge is -2.34. The normalized spacial score (nSPS) is 14.7. The van der Waals surface area contributed by atoms with Gasteiger partial charge in [0, 0.05) is 31.9 Å². The molecule has 12 aromatic carbocycles. The Morgan fingerprint density at radius 1 is 0.372 bits per heavy atom. The molecule has 0 amide bonds. The molecule has 5 heteroatoms. The van der Waals surface area contributed by atoms with Crippen LogP contribution in [0, 0.1) is 0 Å². The first-order valence-electron chi connectivity index (χ1n) is 29.2. The molecule has 0 unspecified atom stereocenters. The standard InChI is InChI=1S/C81H52Cl2N2S/c1-3-21-62-68(4-2)80(54-22-9-5-10-23-54,55-24-11-6-12-25-55)70-34-19-31-64(72(62)70)78-76-77(79(86-78)65-32-20-35-71-73(65)63-30-17-18-33-69(63)81(71,56-26-13-7-14-27-56)57-28-15-8-16-29-57)85-75-67-49-53(51-38-44-59(83)45-39-51)41-47-61(67)60-46-40-52(48-66(60)74(75)84-76)50-36-42-58(82)43-37-50/h3-49H,1H2,2H3/b62-21+,68-4+. The summed E-state index contributed by atoms with van der Waals surface area (Å²) in [4.78, 5) is 14.4. The summed E-state index contributed by atoms with van der Waals surface area (Å²) in [6.07, 6.45) is 6.47. The van der Waals surface area contributed by atoms with Crippen LogP contribution in [0.25, 0.3) is 103 Å². The maximum Gasteiger partial charge on any atom is 0.109 e. The number of aromatic nitrogens is 2. The fourth-order valence-electron chi connectivity index (χ4n) is 14.6. The van der Waals surface area contributed by atoms with Gasteiger partial charge in [0.1, 0.15) is 11.0 Å². The molecule has 0 saturated carbocycles. The lowest BCUT2D eigenvalue weighted by molar-refractivity contribution is 0.768. The van der Waals surface area contributed by atoms with Gasteiger partial charge in [0.05, 0.1) is 31.6 Å². The topological polar surface area (TPSA) is 25.8 Å². The Kier molecular flexibility index (Phi) is 12.4. The van der Waals surface area contributed by atoms with Gasteiger partial charge in [-0.2, -0.15) is 0 Å². The Labute approximate surface area is 514 Å². The summed E-state index contributed by atoms with van der Waals surface area (Å²) in [7, 11) is 0. The van der Waals surface area contributed by atoms with Crippen molar-refractivity contribution in [1.29, 1.82) is 0 Å². The third kappa shape index (κ3) is 7.65. The quantitative estimate of drug-likeness (QED) is 0.135. The van der Waals surface area contributed by atoms with Crippen LogP contribution in [0.3, 0.4) is 0 Å². The van der Waals surface area contributed by atoms with E-state index in [-0.39, 0.29) is 0 Å². The predicted octanol–water partition coefficient (Wildman–Crippen LogP) is 22.4. The summed E-state index contributed by atoms with van der Waals surface area (Å²) < 4.78 is 0. The second-order valence-electron chi connectivity index (χ2n) is 22.4. The Morgan fingerprint density at radius 2 is 0.767 bits per heavy atom. The Hall–Kier alpha value is -9.74. The molecule has 0 N–H and O–H groups in total.